The monoisotopic (exact) mass is 522 g/mol. The highest BCUT2D eigenvalue weighted by atomic mass is 32.5. The van der Waals surface area contributed by atoms with Gasteiger partial charge in [-0.15, -0.1) is 0 Å². The summed E-state index contributed by atoms with van der Waals surface area (Å²) < 4.78 is 111. The lowest BCUT2D eigenvalue weighted by atomic mass is 10.1. The first kappa shape index (κ1) is 25.8. The summed E-state index contributed by atoms with van der Waals surface area (Å²) in [6, 6.07) is 3.25. The van der Waals surface area contributed by atoms with Crippen molar-refractivity contribution in [2.75, 3.05) is 12.4 Å². The first-order valence-electron chi connectivity index (χ1n) is 9.36. The summed E-state index contributed by atoms with van der Waals surface area (Å²) in [4.78, 5) is 9.68. The maximum Gasteiger partial charge on any atom is 0.418 e. The molecule has 1 aliphatic rings. The Morgan fingerprint density at radius 3 is 2.32 bits per heavy atom. The number of methoxy groups -OCH3 is 1. The molecule has 34 heavy (non-hydrogen) atoms. The molecule has 2 aromatic rings. The van der Waals surface area contributed by atoms with E-state index in [1.807, 2.05) is 0 Å². The zero-order valence-electron chi connectivity index (χ0n) is 17.0. The van der Waals surface area contributed by atoms with Crippen LogP contribution in [0.2, 0.25) is 0 Å². The number of aliphatic hydroxyl groups is 2. The number of amides is 2. The fraction of sp³-hybridized carbons (Fsp3) is 0.316. The van der Waals surface area contributed by atoms with Crippen molar-refractivity contribution in [3.8, 4) is 5.75 Å². The highest BCUT2D eigenvalue weighted by Crippen LogP contribution is 3.02. The van der Waals surface area contributed by atoms with Gasteiger partial charge < -0.3 is 25.6 Å². The number of ether oxygens (including phenoxy) is 1. The largest absolute Gasteiger partial charge is 0.494 e. The predicted octanol–water partition coefficient (Wildman–Crippen LogP) is 5.73. The normalized spacial score (nSPS) is 21.1. The van der Waals surface area contributed by atoms with Crippen LogP contribution in [0.15, 0.2) is 41.3 Å². The van der Waals surface area contributed by atoms with Crippen LogP contribution in [0, 0.1) is 0 Å². The van der Waals surface area contributed by atoms with Gasteiger partial charge in [0.1, 0.15) is 10.6 Å². The number of urea groups is 1. The molecule has 0 aromatic heterocycles. The van der Waals surface area contributed by atoms with Gasteiger partial charge in [0, 0.05) is 12.0 Å². The minimum absolute atomic E-state index is 0.131. The quantitative estimate of drug-likeness (QED) is 0.378. The summed E-state index contributed by atoms with van der Waals surface area (Å²) in [6.07, 6.45) is -10.2. The van der Waals surface area contributed by atoms with Crippen molar-refractivity contribution in [2.24, 2.45) is 0 Å². The number of nitrogens with one attached hydrogen (secondary N) is 2. The topological polar surface area (TPSA) is 90.8 Å². The Labute approximate surface area is 187 Å². The van der Waals surface area contributed by atoms with E-state index in [1.165, 1.54) is 0 Å². The number of anilines is 1. The molecule has 2 amide bonds. The number of rotatable bonds is 5. The van der Waals surface area contributed by atoms with Gasteiger partial charge in [0.05, 0.1) is 24.9 Å². The number of fused-ring (bicyclic) bond motifs is 1. The molecule has 3 atom stereocenters. The molecular formula is C19H18F8N2O4S. The van der Waals surface area contributed by atoms with E-state index in [2.05, 4.69) is 10.1 Å². The van der Waals surface area contributed by atoms with Crippen LogP contribution in [0.3, 0.4) is 0 Å². The van der Waals surface area contributed by atoms with Crippen molar-refractivity contribution >= 4 is 21.9 Å². The van der Waals surface area contributed by atoms with Crippen molar-refractivity contribution in [1.29, 1.82) is 0 Å². The Morgan fingerprint density at radius 2 is 1.76 bits per heavy atom. The fourth-order valence-electron chi connectivity index (χ4n) is 3.59. The van der Waals surface area contributed by atoms with Gasteiger partial charge >= 0.3 is 22.4 Å². The third-order valence-corrected chi connectivity index (χ3v) is 6.21. The summed E-state index contributed by atoms with van der Waals surface area (Å²) in [5, 5.41) is 23.7. The summed E-state index contributed by atoms with van der Waals surface area (Å²) in [5.41, 5.74) is -1.74. The maximum atomic E-state index is 13.4. The lowest BCUT2D eigenvalue weighted by Gasteiger charge is -2.41. The standard InChI is InChI=1S/C19H18F8N2O4S/c1-33-16-12(17(31)19(20,21)22)7-10(34(23,24,25,26)27)8-13(16)28-18(32)29-15-11-5-3-2-4-9(11)6-14(15)30/h2-5,7-8,14-15,17,30-31H,6H2,1H3,(H2,28,29,32)/t14-,15+,17-/m0/s1. The first-order chi connectivity index (χ1) is 15.3. The van der Waals surface area contributed by atoms with Crippen LogP contribution in [-0.2, 0) is 6.42 Å². The number of carbonyl (C=O) groups is 1. The second-order valence-electron chi connectivity index (χ2n) is 7.55. The van der Waals surface area contributed by atoms with Crippen LogP contribution in [0.1, 0.15) is 28.8 Å². The van der Waals surface area contributed by atoms with Gasteiger partial charge in [-0.2, -0.15) is 13.2 Å². The maximum absolute atomic E-state index is 13.4. The minimum Gasteiger partial charge on any atom is -0.494 e. The third-order valence-electron chi connectivity index (χ3n) is 5.08. The summed E-state index contributed by atoms with van der Waals surface area (Å²) in [5.74, 6) is -1.11. The van der Waals surface area contributed by atoms with E-state index < -0.39 is 68.6 Å². The first-order valence-corrected chi connectivity index (χ1v) is 11.3. The van der Waals surface area contributed by atoms with E-state index >= 15 is 0 Å². The molecule has 0 aliphatic heterocycles. The second kappa shape index (κ2) is 7.61. The van der Waals surface area contributed by atoms with Crippen LogP contribution < -0.4 is 15.4 Å². The number of alkyl halides is 3. The molecule has 2 aromatic carbocycles. The molecule has 15 heteroatoms. The van der Waals surface area contributed by atoms with Gasteiger partial charge in [-0.05, 0) is 23.3 Å². The number of halogens is 8. The second-order valence-corrected chi connectivity index (χ2v) is 9.96. The highest BCUT2D eigenvalue weighted by molar-refractivity contribution is 8.45. The molecule has 0 saturated heterocycles. The van der Waals surface area contributed by atoms with Crippen LogP contribution >= 0.6 is 10.2 Å². The summed E-state index contributed by atoms with van der Waals surface area (Å²) in [6.45, 7) is 0. The van der Waals surface area contributed by atoms with Crippen LogP contribution in [0.4, 0.5) is 43.1 Å². The lowest BCUT2D eigenvalue weighted by Crippen LogP contribution is -2.37. The molecule has 0 spiro atoms. The molecule has 0 heterocycles. The van der Waals surface area contributed by atoms with Crippen molar-refractivity contribution in [3.63, 3.8) is 0 Å². The molecule has 0 unspecified atom stereocenters. The molecule has 190 valence electrons. The van der Waals surface area contributed by atoms with Gasteiger partial charge in [0.25, 0.3) is 0 Å². The number of benzene rings is 2. The smallest absolute Gasteiger partial charge is 0.418 e. The Bertz CT molecular complexity index is 1120. The Kier molecular flexibility index (Phi) is 5.78. The Morgan fingerprint density at radius 1 is 1.15 bits per heavy atom. The number of aliphatic hydroxyl groups excluding tert-OH is 2. The van der Waals surface area contributed by atoms with Gasteiger partial charge in [0.2, 0.25) is 0 Å². The van der Waals surface area contributed by atoms with E-state index in [-0.39, 0.29) is 12.5 Å². The Hall–Kier alpha value is -2.78. The minimum atomic E-state index is -10.6. The summed E-state index contributed by atoms with van der Waals surface area (Å²) >= 11 is 0. The number of hydrogen-bond acceptors (Lipinski definition) is 4. The zero-order valence-corrected chi connectivity index (χ0v) is 17.9. The summed E-state index contributed by atoms with van der Waals surface area (Å²) in [7, 11) is -9.85. The molecule has 6 nitrogen and oxygen atoms in total. The molecule has 1 aliphatic carbocycles. The van der Waals surface area contributed by atoms with E-state index in [0.717, 1.165) is 0 Å². The van der Waals surface area contributed by atoms with E-state index in [9.17, 15) is 47.6 Å². The molecule has 0 fully saturated rings. The Balaban J connectivity index is 2.04. The number of carbonyl (C=O) groups excluding carboxylic acids is 1. The zero-order chi connectivity index (χ0) is 25.8. The van der Waals surface area contributed by atoms with Crippen LogP contribution in [0.5, 0.6) is 5.75 Å². The van der Waals surface area contributed by atoms with Gasteiger partial charge in [-0.3, -0.25) is 0 Å². The average molecular weight is 522 g/mol. The molecule has 4 N–H and O–H groups in total. The number of hydrogen-bond donors (Lipinski definition) is 4. The van der Waals surface area contributed by atoms with Gasteiger partial charge in [-0.1, -0.05) is 43.7 Å². The fourth-order valence-corrected chi connectivity index (χ4v) is 4.28. The van der Waals surface area contributed by atoms with Gasteiger partial charge in [0.15, 0.2) is 6.10 Å². The molecule has 0 saturated carbocycles. The van der Waals surface area contributed by atoms with Gasteiger partial charge in [-0.25, -0.2) is 4.79 Å². The van der Waals surface area contributed by atoms with E-state index in [0.29, 0.717) is 18.2 Å². The van der Waals surface area contributed by atoms with E-state index in [4.69, 9.17) is 0 Å². The average Bonchev–Trinajstić information content (AvgIpc) is 2.99. The molecular weight excluding hydrogens is 504 g/mol. The van der Waals surface area contributed by atoms with Crippen molar-refractivity contribution < 1.29 is 52.3 Å². The van der Waals surface area contributed by atoms with E-state index in [1.54, 1.807) is 29.6 Å². The highest BCUT2D eigenvalue weighted by Gasteiger charge is 2.66. The van der Waals surface area contributed by atoms with Crippen LogP contribution in [-0.4, -0.2) is 35.6 Å². The SMILES string of the molecule is COc1c(NC(=O)N[C@@H]2c3ccccc3C[C@@H]2O)cc(S(F)(F)(F)(F)F)cc1[C@H](O)C(F)(F)F. The van der Waals surface area contributed by atoms with Crippen molar-refractivity contribution in [1.82, 2.24) is 5.32 Å². The van der Waals surface area contributed by atoms with Crippen molar-refractivity contribution in [2.45, 2.75) is 35.7 Å². The molecule has 0 bridgehead atoms. The van der Waals surface area contributed by atoms with Crippen molar-refractivity contribution in [3.05, 3.63) is 53.1 Å². The van der Waals surface area contributed by atoms with Crippen LogP contribution in [0.25, 0.3) is 0 Å². The lowest BCUT2D eigenvalue weighted by molar-refractivity contribution is -0.207. The third kappa shape index (κ3) is 5.31. The molecule has 0 radical (unpaired) electrons. The molecule has 3 rings (SSSR count). The predicted molar refractivity (Wildman–Crippen MR) is 106 cm³/mol.